The molecule has 0 aliphatic carbocycles. The van der Waals surface area contributed by atoms with Crippen molar-refractivity contribution in [2.24, 2.45) is 0 Å². The van der Waals surface area contributed by atoms with Crippen molar-refractivity contribution in [3.63, 3.8) is 0 Å². The molecule has 7 heteroatoms. The molecule has 5 atom stereocenters. The third-order valence-corrected chi connectivity index (χ3v) is 4.74. The topological polar surface area (TPSA) is 123 Å². The van der Waals surface area contributed by atoms with Gasteiger partial charge in [0, 0.05) is 12.4 Å². The summed E-state index contributed by atoms with van der Waals surface area (Å²) < 4.78 is 5.63. The zero-order valence-corrected chi connectivity index (χ0v) is 14.1. The molecule has 1 aliphatic rings. The number of benzene rings is 1. The molecule has 26 heavy (non-hydrogen) atoms. The van der Waals surface area contributed by atoms with E-state index in [1.54, 1.807) is 24.5 Å². The maximum Gasteiger partial charge on any atom is 0.113 e. The van der Waals surface area contributed by atoms with Gasteiger partial charge in [0.25, 0.3) is 0 Å². The molecule has 2 heterocycles. The van der Waals surface area contributed by atoms with Gasteiger partial charge < -0.3 is 30.3 Å². The van der Waals surface area contributed by atoms with Gasteiger partial charge in [-0.2, -0.15) is 0 Å². The van der Waals surface area contributed by atoms with Crippen molar-refractivity contribution < 1.29 is 30.3 Å². The van der Waals surface area contributed by atoms with Gasteiger partial charge in [0.1, 0.15) is 30.5 Å². The fraction of sp³-hybridized carbons (Fsp3) is 0.421. The van der Waals surface area contributed by atoms with Gasteiger partial charge in [-0.1, -0.05) is 18.2 Å². The predicted molar refractivity (Wildman–Crippen MR) is 92.1 cm³/mol. The number of hydrogen-bond donors (Lipinski definition) is 5. The van der Waals surface area contributed by atoms with Gasteiger partial charge in [0.15, 0.2) is 0 Å². The lowest BCUT2D eigenvalue weighted by Gasteiger charge is -2.40. The molecule has 0 radical (unpaired) electrons. The van der Waals surface area contributed by atoms with Crippen molar-refractivity contribution in [1.82, 2.24) is 4.98 Å². The van der Waals surface area contributed by atoms with Crippen molar-refractivity contribution in [3.8, 4) is 0 Å². The van der Waals surface area contributed by atoms with Gasteiger partial charge in [-0.15, -0.1) is 0 Å². The number of nitrogens with zero attached hydrogens (tertiary/aromatic N) is 1. The smallest absolute Gasteiger partial charge is 0.113 e. The number of rotatable bonds is 5. The SMILES string of the molecule is OCc1ccc(Cc2ccncc2)cc1[C@@H]1O[C@H](CO)[C@@H](O)[C@H](O)[C@H]1O. The molecular formula is C19H23NO6. The number of hydrogen-bond acceptors (Lipinski definition) is 7. The van der Waals surface area contributed by atoms with Gasteiger partial charge in [0.2, 0.25) is 0 Å². The lowest BCUT2D eigenvalue weighted by atomic mass is 9.88. The van der Waals surface area contributed by atoms with Crippen LogP contribution < -0.4 is 0 Å². The highest BCUT2D eigenvalue weighted by Gasteiger charge is 2.44. The first-order valence-electron chi connectivity index (χ1n) is 8.47. The minimum Gasteiger partial charge on any atom is -0.394 e. The second kappa shape index (κ2) is 8.22. The molecule has 1 aromatic heterocycles. The Morgan fingerprint density at radius 2 is 1.62 bits per heavy atom. The van der Waals surface area contributed by atoms with Crippen molar-refractivity contribution in [3.05, 3.63) is 65.0 Å². The fourth-order valence-electron chi connectivity index (χ4n) is 3.26. The summed E-state index contributed by atoms with van der Waals surface area (Å²) in [5, 5.41) is 49.4. The van der Waals surface area contributed by atoms with Gasteiger partial charge in [-0.3, -0.25) is 4.98 Å². The fourth-order valence-corrected chi connectivity index (χ4v) is 3.26. The van der Waals surface area contributed by atoms with E-state index in [-0.39, 0.29) is 6.61 Å². The van der Waals surface area contributed by atoms with E-state index in [0.29, 0.717) is 17.5 Å². The van der Waals surface area contributed by atoms with Crippen LogP contribution in [0.5, 0.6) is 0 Å². The number of aliphatic hydroxyl groups is 5. The van der Waals surface area contributed by atoms with Crippen LogP contribution in [-0.2, 0) is 17.8 Å². The zero-order chi connectivity index (χ0) is 18.7. The lowest BCUT2D eigenvalue weighted by Crippen LogP contribution is -2.55. The molecular weight excluding hydrogens is 338 g/mol. The Bertz CT molecular complexity index is 723. The third-order valence-electron chi connectivity index (χ3n) is 4.74. The molecule has 1 aromatic carbocycles. The first-order valence-corrected chi connectivity index (χ1v) is 8.47. The summed E-state index contributed by atoms with van der Waals surface area (Å²) in [4.78, 5) is 3.99. The van der Waals surface area contributed by atoms with Gasteiger partial charge >= 0.3 is 0 Å². The molecule has 1 fully saturated rings. The maximum absolute atomic E-state index is 10.4. The lowest BCUT2D eigenvalue weighted by molar-refractivity contribution is -0.232. The van der Waals surface area contributed by atoms with Crippen molar-refractivity contribution in [2.75, 3.05) is 6.61 Å². The van der Waals surface area contributed by atoms with Crippen LogP contribution in [0.25, 0.3) is 0 Å². The Morgan fingerprint density at radius 1 is 0.885 bits per heavy atom. The number of aromatic nitrogens is 1. The molecule has 2 aromatic rings. The van der Waals surface area contributed by atoms with E-state index in [1.807, 2.05) is 18.2 Å². The van der Waals surface area contributed by atoms with Crippen molar-refractivity contribution in [2.45, 2.75) is 43.5 Å². The van der Waals surface area contributed by atoms with E-state index in [9.17, 15) is 25.5 Å². The van der Waals surface area contributed by atoms with Crippen molar-refractivity contribution >= 4 is 0 Å². The van der Waals surface area contributed by atoms with Crippen LogP contribution in [0.4, 0.5) is 0 Å². The minimum atomic E-state index is -1.46. The monoisotopic (exact) mass is 361 g/mol. The summed E-state index contributed by atoms with van der Waals surface area (Å²) in [5.41, 5.74) is 3.06. The average Bonchev–Trinajstić information content (AvgIpc) is 2.67. The van der Waals surface area contributed by atoms with E-state index >= 15 is 0 Å². The molecule has 0 unspecified atom stereocenters. The first-order chi connectivity index (χ1) is 12.5. The van der Waals surface area contributed by atoms with E-state index in [0.717, 1.165) is 11.1 Å². The third kappa shape index (κ3) is 3.78. The van der Waals surface area contributed by atoms with Crippen molar-refractivity contribution in [1.29, 1.82) is 0 Å². The molecule has 7 nitrogen and oxygen atoms in total. The summed E-state index contributed by atoms with van der Waals surface area (Å²) in [7, 11) is 0. The second-order valence-electron chi connectivity index (χ2n) is 6.47. The van der Waals surface area contributed by atoms with Gasteiger partial charge in [0.05, 0.1) is 13.2 Å². The van der Waals surface area contributed by atoms with E-state index in [2.05, 4.69) is 4.98 Å². The van der Waals surface area contributed by atoms with E-state index < -0.39 is 37.1 Å². The van der Waals surface area contributed by atoms with E-state index in [4.69, 9.17) is 4.74 Å². The summed E-state index contributed by atoms with van der Waals surface area (Å²) in [6.07, 6.45) is -2.18. The Kier molecular flexibility index (Phi) is 5.98. The number of pyridine rings is 1. The molecule has 0 bridgehead atoms. The summed E-state index contributed by atoms with van der Waals surface area (Å²) in [6, 6.07) is 9.21. The highest BCUT2D eigenvalue weighted by atomic mass is 16.5. The van der Waals surface area contributed by atoms with Crippen LogP contribution in [0.2, 0.25) is 0 Å². The second-order valence-corrected chi connectivity index (χ2v) is 6.47. The Hall–Kier alpha value is -1.87. The molecule has 3 rings (SSSR count). The molecule has 0 saturated carbocycles. The molecule has 0 spiro atoms. The Balaban J connectivity index is 1.93. The first kappa shape index (κ1) is 18.9. The van der Waals surface area contributed by atoms with Crippen LogP contribution in [0.1, 0.15) is 28.4 Å². The predicted octanol–water partition coefficient (Wildman–Crippen LogP) is -0.320. The van der Waals surface area contributed by atoms with Crippen LogP contribution in [0.15, 0.2) is 42.7 Å². The normalized spacial score (nSPS) is 28.9. The standard InChI is InChI=1S/C19H23NO6/c21-9-13-2-1-12(7-11-3-5-20-6-4-11)8-14(13)19-18(25)17(24)16(23)15(10-22)26-19/h1-6,8,15-19,21-25H,7,9-10H2/t15-,16-,17+,18-,19+/m1/s1. The Morgan fingerprint density at radius 3 is 2.27 bits per heavy atom. The molecule has 1 aliphatic heterocycles. The van der Waals surface area contributed by atoms with Crippen LogP contribution >= 0.6 is 0 Å². The van der Waals surface area contributed by atoms with Gasteiger partial charge in [-0.25, -0.2) is 0 Å². The number of aliphatic hydroxyl groups excluding tert-OH is 5. The summed E-state index contributed by atoms with van der Waals surface area (Å²) in [6.45, 7) is -0.757. The Labute approximate surface area is 151 Å². The van der Waals surface area contributed by atoms with Crippen LogP contribution in [0, 0.1) is 0 Å². The summed E-state index contributed by atoms with van der Waals surface area (Å²) >= 11 is 0. The maximum atomic E-state index is 10.4. The minimum absolute atomic E-state index is 0.264. The zero-order valence-electron chi connectivity index (χ0n) is 14.1. The van der Waals surface area contributed by atoms with Crippen LogP contribution in [-0.4, -0.2) is 61.5 Å². The van der Waals surface area contributed by atoms with Gasteiger partial charge in [-0.05, 0) is 40.8 Å². The quantitative estimate of drug-likeness (QED) is 0.494. The molecule has 5 N–H and O–H groups in total. The highest BCUT2D eigenvalue weighted by Crippen LogP contribution is 2.35. The molecule has 140 valence electrons. The molecule has 0 amide bonds. The summed E-state index contributed by atoms with van der Waals surface area (Å²) in [5.74, 6) is 0. The number of ether oxygens (including phenoxy) is 1. The highest BCUT2D eigenvalue weighted by molar-refractivity contribution is 5.37. The largest absolute Gasteiger partial charge is 0.394 e. The van der Waals surface area contributed by atoms with Crippen LogP contribution in [0.3, 0.4) is 0 Å². The molecule has 1 saturated heterocycles. The van der Waals surface area contributed by atoms with E-state index in [1.165, 1.54) is 0 Å². The average molecular weight is 361 g/mol.